The molecule has 2 aliphatic heterocycles. The van der Waals surface area contributed by atoms with Gasteiger partial charge in [-0.1, -0.05) is 6.92 Å². The van der Waals surface area contributed by atoms with E-state index in [2.05, 4.69) is 15.5 Å². The van der Waals surface area contributed by atoms with E-state index in [1.807, 2.05) is 12.1 Å². The van der Waals surface area contributed by atoms with Gasteiger partial charge in [-0.2, -0.15) is 0 Å². The van der Waals surface area contributed by atoms with Gasteiger partial charge in [-0.05, 0) is 56.5 Å². The first-order chi connectivity index (χ1) is 12.0. The molecule has 1 atom stereocenters. The van der Waals surface area contributed by atoms with Crippen LogP contribution in [0, 0.1) is 0 Å². The fraction of sp³-hybridized carbons (Fsp3) is 0.611. The van der Waals surface area contributed by atoms with E-state index in [1.165, 1.54) is 0 Å². The van der Waals surface area contributed by atoms with E-state index in [4.69, 9.17) is 0 Å². The molecule has 2 fully saturated rings. The lowest BCUT2D eigenvalue weighted by atomic mass is 10.0. The second kappa shape index (κ2) is 7.74. The van der Waals surface area contributed by atoms with Crippen LogP contribution in [-0.2, 0) is 14.6 Å². The number of hydrogen-bond donors (Lipinski definition) is 2. The Hall–Kier alpha value is -1.60. The van der Waals surface area contributed by atoms with E-state index in [0.717, 1.165) is 51.0 Å². The van der Waals surface area contributed by atoms with Crippen molar-refractivity contribution in [1.29, 1.82) is 0 Å². The number of hydrogen-bond acceptors (Lipinski definition) is 5. The third-order valence-corrected chi connectivity index (χ3v) is 6.91. The predicted octanol–water partition coefficient (Wildman–Crippen LogP) is 1.32. The molecule has 0 radical (unpaired) electrons. The lowest BCUT2D eigenvalue weighted by molar-refractivity contribution is -0.123. The number of nitrogens with one attached hydrogen (secondary N) is 2. The van der Waals surface area contributed by atoms with Crippen LogP contribution in [0.1, 0.15) is 32.6 Å². The summed E-state index contributed by atoms with van der Waals surface area (Å²) < 4.78 is 23.8. The lowest BCUT2D eigenvalue weighted by Gasteiger charge is -2.34. The topological polar surface area (TPSA) is 78.5 Å². The van der Waals surface area contributed by atoms with Crippen LogP contribution in [0.25, 0.3) is 0 Å². The zero-order valence-corrected chi connectivity index (χ0v) is 15.5. The highest BCUT2D eigenvalue weighted by atomic mass is 32.2. The Morgan fingerprint density at radius 3 is 2.44 bits per heavy atom. The summed E-state index contributed by atoms with van der Waals surface area (Å²) in [5, 5.41) is 6.39. The van der Waals surface area contributed by atoms with E-state index in [-0.39, 0.29) is 23.7 Å². The van der Waals surface area contributed by atoms with Crippen LogP contribution in [0.4, 0.5) is 5.69 Å². The van der Waals surface area contributed by atoms with Crippen molar-refractivity contribution in [3.05, 3.63) is 24.3 Å². The molecule has 2 aliphatic rings. The Morgan fingerprint density at radius 2 is 1.88 bits per heavy atom. The molecule has 6 nitrogen and oxygen atoms in total. The zero-order chi connectivity index (χ0) is 17.9. The van der Waals surface area contributed by atoms with Crippen LogP contribution < -0.4 is 15.5 Å². The first kappa shape index (κ1) is 18.2. The molecular weight excluding hydrogens is 338 g/mol. The molecule has 2 saturated heterocycles. The summed E-state index contributed by atoms with van der Waals surface area (Å²) in [6, 6.07) is 7.34. The molecule has 1 amide bonds. The Bertz CT molecular complexity index is 689. The van der Waals surface area contributed by atoms with E-state index in [1.54, 1.807) is 19.1 Å². The minimum absolute atomic E-state index is 0.0221. The second-order valence-electron chi connectivity index (χ2n) is 6.82. The molecule has 138 valence electrons. The van der Waals surface area contributed by atoms with Crippen LogP contribution in [0.5, 0.6) is 0 Å². The normalized spacial score (nSPS) is 22.1. The Labute approximate surface area is 149 Å². The van der Waals surface area contributed by atoms with Crippen LogP contribution >= 0.6 is 0 Å². The standard InChI is InChI=1S/C18H27N3O3S/c1-2-25(23,24)16-7-5-15(6-8-16)21-12-9-14(10-13-21)20-18(22)17-4-3-11-19-17/h5-8,14,17,19H,2-4,9-13H2,1H3,(H,20,22). The van der Waals surface area contributed by atoms with E-state index in [0.29, 0.717) is 4.90 Å². The summed E-state index contributed by atoms with van der Waals surface area (Å²) in [5.41, 5.74) is 1.04. The molecule has 0 aromatic heterocycles. The largest absolute Gasteiger partial charge is 0.371 e. The van der Waals surface area contributed by atoms with Crippen LogP contribution in [0.15, 0.2) is 29.2 Å². The fourth-order valence-corrected chi connectivity index (χ4v) is 4.41. The molecule has 2 heterocycles. The summed E-state index contributed by atoms with van der Waals surface area (Å²) in [6.07, 6.45) is 3.82. The van der Waals surface area contributed by atoms with Crippen molar-refractivity contribution in [3.63, 3.8) is 0 Å². The van der Waals surface area contributed by atoms with Gasteiger partial charge in [0.25, 0.3) is 0 Å². The van der Waals surface area contributed by atoms with Gasteiger partial charge in [-0.15, -0.1) is 0 Å². The van der Waals surface area contributed by atoms with Gasteiger partial charge in [-0.25, -0.2) is 8.42 Å². The molecule has 1 aromatic rings. The third kappa shape index (κ3) is 4.33. The number of benzene rings is 1. The van der Waals surface area contributed by atoms with Gasteiger partial charge < -0.3 is 15.5 Å². The molecule has 1 aromatic carbocycles. The van der Waals surface area contributed by atoms with Crippen molar-refractivity contribution < 1.29 is 13.2 Å². The molecule has 25 heavy (non-hydrogen) atoms. The van der Waals surface area contributed by atoms with Gasteiger partial charge in [0, 0.05) is 24.8 Å². The summed E-state index contributed by atoms with van der Waals surface area (Å²) in [7, 11) is -3.15. The van der Waals surface area contributed by atoms with Gasteiger partial charge in [0.1, 0.15) is 0 Å². The summed E-state index contributed by atoms with van der Waals surface area (Å²) in [6.45, 7) is 4.31. The van der Waals surface area contributed by atoms with E-state index in [9.17, 15) is 13.2 Å². The average molecular weight is 365 g/mol. The Balaban J connectivity index is 1.52. The number of amides is 1. The first-order valence-electron chi connectivity index (χ1n) is 9.11. The highest BCUT2D eigenvalue weighted by Crippen LogP contribution is 2.22. The third-order valence-electron chi connectivity index (χ3n) is 5.16. The maximum Gasteiger partial charge on any atom is 0.237 e. The predicted molar refractivity (Wildman–Crippen MR) is 98.6 cm³/mol. The molecule has 3 rings (SSSR count). The molecule has 2 N–H and O–H groups in total. The van der Waals surface area contributed by atoms with Gasteiger partial charge >= 0.3 is 0 Å². The highest BCUT2D eigenvalue weighted by Gasteiger charge is 2.26. The van der Waals surface area contributed by atoms with Gasteiger partial charge in [0.15, 0.2) is 9.84 Å². The first-order valence-corrected chi connectivity index (χ1v) is 10.8. The Kier molecular flexibility index (Phi) is 5.64. The quantitative estimate of drug-likeness (QED) is 0.823. The minimum Gasteiger partial charge on any atom is -0.371 e. The fourth-order valence-electron chi connectivity index (χ4n) is 3.52. The van der Waals surface area contributed by atoms with E-state index < -0.39 is 9.84 Å². The van der Waals surface area contributed by atoms with Crippen molar-refractivity contribution in [1.82, 2.24) is 10.6 Å². The number of piperidine rings is 1. The van der Waals surface area contributed by atoms with Gasteiger partial charge in [-0.3, -0.25) is 4.79 Å². The van der Waals surface area contributed by atoms with Gasteiger partial charge in [0.2, 0.25) is 5.91 Å². The average Bonchev–Trinajstić information content (AvgIpc) is 3.17. The number of sulfone groups is 1. The van der Waals surface area contributed by atoms with Crippen LogP contribution in [0.3, 0.4) is 0 Å². The molecule has 0 saturated carbocycles. The number of nitrogens with zero attached hydrogens (tertiary/aromatic N) is 1. The molecular formula is C18H27N3O3S. The smallest absolute Gasteiger partial charge is 0.237 e. The van der Waals surface area contributed by atoms with Crippen molar-refractivity contribution in [2.75, 3.05) is 30.3 Å². The molecule has 0 bridgehead atoms. The molecule has 7 heteroatoms. The molecule has 1 unspecified atom stereocenters. The summed E-state index contributed by atoms with van der Waals surface area (Å²) in [4.78, 5) is 14.8. The molecule has 0 spiro atoms. The number of anilines is 1. The zero-order valence-electron chi connectivity index (χ0n) is 14.7. The highest BCUT2D eigenvalue weighted by molar-refractivity contribution is 7.91. The summed E-state index contributed by atoms with van der Waals surface area (Å²) >= 11 is 0. The Morgan fingerprint density at radius 1 is 1.20 bits per heavy atom. The van der Waals surface area contributed by atoms with Crippen molar-refractivity contribution in [2.24, 2.45) is 0 Å². The lowest BCUT2D eigenvalue weighted by Crippen LogP contribution is -2.49. The maximum absolute atomic E-state index is 12.2. The van der Waals surface area contributed by atoms with E-state index >= 15 is 0 Å². The van der Waals surface area contributed by atoms with Crippen LogP contribution in [0.2, 0.25) is 0 Å². The minimum atomic E-state index is -3.15. The van der Waals surface area contributed by atoms with Crippen molar-refractivity contribution >= 4 is 21.4 Å². The van der Waals surface area contributed by atoms with Gasteiger partial charge in [0.05, 0.1) is 16.7 Å². The number of carbonyl (C=O) groups excluding carboxylic acids is 1. The van der Waals surface area contributed by atoms with Crippen LogP contribution in [-0.4, -0.2) is 51.8 Å². The summed E-state index contributed by atoms with van der Waals surface area (Å²) in [5.74, 6) is 0.248. The number of rotatable bonds is 5. The number of carbonyl (C=O) groups is 1. The molecule has 0 aliphatic carbocycles. The SMILES string of the molecule is CCS(=O)(=O)c1ccc(N2CCC(NC(=O)C3CCCN3)CC2)cc1. The van der Waals surface area contributed by atoms with Crippen molar-refractivity contribution in [2.45, 2.75) is 49.6 Å². The maximum atomic E-state index is 12.2. The second-order valence-corrected chi connectivity index (χ2v) is 9.09. The monoisotopic (exact) mass is 365 g/mol. The van der Waals surface area contributed by atoms with Crippen molar-refractivity contribution in [3.8, 4) is 0 Å².